The molecule has 2 aliphatic heterocycles. The Morgan fingerprint density at radius 3 is 1.49 bits per heavy atom. The van der Waals surface area contributed by atoms with Crippen molar-refractivity contribution in [1.29, 1.82) is 0 Å². The van der Waals surface area contributed by atoms with Gasteiger partial charge in [-0.1, -0.05) is 84.9 Å². The number of amides is 5. The third-order valence-electron chi connectivity index (χ3n) is 12.7. The number of nitrogens with two attached hydrogens (primary N) is 1. The quantitative estimate of drug-likeness (QED) is 0.103. The predicted octanol–water partition coefficient (Wildman–Crippen LogP) is 6.70. The molecule has 0 aromatic heterocycles. The fourth-order valence-electron chi connectivity index (χ4n) is 8.81. The van der Waals surface area contributed by atoms with Crippen LogP contribution in [0.3, 0.4) is 0 Å². The maximum atomic E-state index is 14.4. The molecule has 0 bridgehead atoms. The summed E-state index contributed by atoms with van der Waals surface area (Å²) in [4.78, 5) is 67.4. The van der Waals surface area contributed by atoms with Gasteiger partial charge in [-0.2, -0.15) is 0 Å². The number of ether oxygens (including phenoxy) is 1. The maximum Gasteiger partial charge on any atom is 0.407 e. The van der Waals surface area contributed by atoms with Gasteiger partial charge in [0.2, 0.25) is 23.6 Å². The Hall–Kier alpha value is -6.15. The molecular weight excluding hydrogens is 855 g/mol. The van der Waals surface area contributed by atoms with Crippen LogP contribution in [0.25, 0.3) is 0 Å². The summed E-state index contributed by atoms with van der Waals surface area (Å²) in [7, 11) is 0. The molecule has 14 heteroatoms. The maximum absolute atomic E-state index is 14.4. The first-order valence-electron chi connectivity index (χ1n) is 23.6. The van der Waals surface area contributed by atoms with Gasteiger partial charge >= 0.3 is 6.09 Å². The molecule has 4 aromatic carbocycles. The lowest BCUT2D eigenvalue weighted by Gasteiger charge is -2.38. The van der Waals surface area contributed by atoms with Crippen LogP contribution in [0.4, 0.5) is 13.6 Å². The van der Waals surface area contributed by atoms with E-state index in [2.05, 4.69) is 28.1 Å². The Balaban J connectivity index is 0.000000203. The number of fused-ring (bicyclic) bond motifs is 2. The Kier molecular flexibility index (Phi) is 16.1. The van der Waals surface area contributed by atoms with Gasteiger partial charge in [0.15, 0.2) is 0 Å². The van der Waals surface area contributed by atoms with Crippen molar-refractivity contribution in [3.05, 3.63) is 142 Å². The molecule has 0 unspecified atom stereocenters. The summed E-state index contributed by atoms with van der Waals surface area (Å²) in [5.41, 5.74) is 11.0. The zero-order valence-corrected chi connectivity index (χ0v) is 38.8. The number of benzene rings is 4. The summed E-state index contributed by atoms with van der Waals surface area (Å²) in [6.07, 6.45) is 4.98. The normalized spacial score (nSPS) is 18.5. The van der Waals surface area contributed by atoms with E-state index in [-0.39, 0.29) is 72.6 Å². The van der Waals surface area contributed by atoms with Crippen LogP contribution in [0.2, 0.25) is 0 Å². The molecule has 5 amide bonds. The van der Waals surface area contributed by atoms with Crippen LogP contribution < -0.4 is 21.7 Å². The van der Waals surface area contributed by atoms with Gasteiger partial charge in [0.25, 0.3) is 0 Å². The molecule has 67 heavy (non-hydrogen) atoms. The van der Waals surface area contributed by atoms with Crippen LogP contribution in [0.5, 0.6) is 0 Å². The molecule has 0 radical (unpaired) electrons. The van der Waals surface area contributed by atoms with E-state index in [9.17, 15) is 32.8 Å². The summed E-state index contributed by atoms with van der Waals surface area (Å²) in [5, 5.41) is 8.81. The van der Waals surface area contributed by atoms with E-state index in [1.54, 1.807) is 62.1 Å². The number of halogens is 2. The number of hydrogen-bond acceptors (Lipinski definition) is 7. The summed E-state index contributed by atoms with van der Waals surface area (Å²) in [6.45, 7) is 7.01. The minimum absolute atomic E-state index is 0.0250. The standard InChI is InChI=1S/C29H36FN3O4.C24H28FN3O2/c1-29(2,3)37-28(36)32-23(14-21-9-6-7-11-25(21)30)16-26(34)33-18-22-10-5-4-8-20(22)15-24(33)17-31-27(35)19-12-13-19;25-22-8-4-3-6-18(22)11-20(26)13-23(29)28-15-19-7-2-1-5-17(19)12-21(28)14-27-24(30)16-9-10-16/h4-11,19,23-24H,12-18H2,1-3H3,(H,31,35)(H,32,36);1-8,16,20-21H,9-15,26H2,(H,27,30)/t23-,24+;20-,21+/m11/s1. The van der Waals surface area contributed by atoms with E-state index < -0.39 is 29.6 Å². The number of nitrogens with zero attached hydrogens (tertiary/aromatic N) is 2. The highest BCUT2D eigenvalue weighted by Gasteiger charge is 2.36. The van der Waals surface area contributed by atoms with Crippen molar-refractivity contribution >= 4 is 29.7 Å². The molecule has 12 nitrogen and oxygen atoms in total. The summed E-state index contributed by atoms with van der Waals surface area (Å²) in [6, 6.07) is 27.5. The average molecular weight is 919 g/mol. The lowest BCUT2D eigenvalue weighted by Crippen LogP contribution is -2.52. The van der Waals surface area contributed by atoms with Gasteiger partial charge < -0.3 is 36.2 Å². The minimum Gasteiger partial charge on any atom is -0.444 e. The Labute approximate surface area is 392 Å². The molecule has 8 rings (SSSR count). The zero-order valence-electron chi connectivity index (χ0n) is 38.8. The topological polar surface area (TPSA) is 163 Å². The van der Waals surface area contributed by atoms with Crippen molar-refractivity contribution in [3.8, 4) is 0 Å². The van der Waals surface area contributed by atoms with Crippen LogP contribution in [-0.4, -0.2) is 82.4 Å². The molecule has 2 saturated carbocycles. The van der Waals surface area contributed by atoms with Crippen molar-refractivity contribution in [3.63, 3.8) is 0 Å². The molecule has 0 spiro atoms. The van der Waals surface area contributed by atoms with Gasteiger partial charge in [0.1, 0.15) is 17.2 Å². The first-order chi connectivity index (χ1) is 32.1. The second kappa shape index (κ2) is 22.1. The number of rotatable bonds is 15. The smallest absolute Gasteiger partial charge is 0.407 e. The fraction of sp³-hybridized carbons (Fsp3) is 0.453. The monoisotopic (exact) mass is 918 g/mol. The SMILES string of the molecule is CC(C)(C)OC(=O)N[C@@H](CC(=O)N1Cc2ccccc2C[C@H]1CNC(=O)C1CC1)Cc1ccccc1F.N[C@@H](CC(=O)N1Cc2ccccc2C[C@H]1CNC(=O)C1CC1)Cc1ccccc1F. The molecule has 2 aliphatic carbocycles. The van der Waals surface area contributed by atoms with Crippen LogP contribution >= 0.6 is 0 Å². The van der Waals surface area contributed by atoms with Crippen LogP contribution in [0, 0.1) is 23.5 Å². The Bertz CT molecular complexity index is 2400. The van der Waals surface area contributed by atoms with Gasteiger partial charge in [0.05, 0.1) is 12.1 Å². The molecule has 4 aliphatic rings. The van der Waals surface area contributed by atoms with E-state index >= 15 is 0 Å². The van der Waals surface area contributed by atoms with E-state index in [0.717, 1.165) is 42.4 Å². The molecule has 4 atom stereocenters. The highest BCUT2D eigenvalue weighted by atomic mass is 19.1. The van der Waals surface area contributed by atoms with Crippen LogP contribution in [0.1, 0.15) is 92.7 Å². The average Bonchev–Trinajstić information content (AvgIpc) is 4.23. The number of carbonyl (C=O) groups is 5. The Morgan fingerprint density at radius 1 is 0.627 bits per heavy atom. The van der Waals surface area contributed by atoms with Gasteiger partial charge in [-0.25, -0.2) is 13.6 Å². The van der Waals surface area contributed by atoms with Crippen molar-refractivity contribution in [2.24, 2.45) is 17.6 Å². The number of hydrogen-bond donors (Lipinski definition) is 4. The fourth-order valence-corrected chi connectivity index (χ4v) is 8.81. The predicted molar refractivity (Wildman–Crippen MR) is 251 cm³/mol. The molecule has 2 heterocycles. The summed E-state index contributed by atoms with van der Waals surface area (Å²) >= 11 is 0. The first-order valence-corrected chi connectivity index (χ1v) is 23.6. The molecule has 0 saturated heterocycles. The van der Waals surface area contributed by atoms with Crippen molar-refractivity contribution in [2.45, 2.75) is 128 Å². The van der Waals surface area contributed by atoms with Crippen molar-refractivity contribution in [1.82, 2.24) is 25.8 Å². The minimum atomic E-state index is -0.710. The lowest BCUT2D eigenvalue weighted by molar-refractivity contribution is -0.136. The molecule has 2 fully saturated rings. The highest BCUT2D eigenvalue weighted by Crippen LogP contribution is 2.31. The summed E-state index contributed by atoms with van der Waals surface area (Å²) < 4.78 is 33.8. The van der Waals surface area contributed by atoms with E-state index in [0.29, 0.717) is 56.6 Å². The number of alkyl carbamates (subject to hydrolysis) is 1. The van der Waals surface area contributed by atoms with E-state index in [1.807, 2.05) is 41.3 Å². The van der Waals surface area contributed by atoms with Crippen LogP contribution in [0.15, 0.2) is 97.1 Å². The van der Waals surface area contributed by atoms with E-state index in [4.69, 9.17) is 10.5 Å². The third kappa shape index (κ3) is 14.2. The largest absolute Gasteiger partial charge is 0.444 e. The van der Waals surface area contributed by atoms with Crippen molar-refractivity contribution in [2.75, 3.05) is 13.1 Å². The number of nitrogens with one attached hydrogen (secondary N) is 3. The second-order valence-electron chi connectivity index (χ2n) is 19.4. The zero-order chi connectivity index (χ0) is 47.7. The molecule has 4 aromatic rings. The van der Waals surface area contributed by atoms with Crippen LogP contribution in [-0.2, 0) is 62.7 Å². The van der Waals surface area contributed by atoms with Crippen molar-refractivity contribution < 1.29 is 37.5 Å². The molecule has 356 valence electrons. The Morgan fingerprint density at radius 2 is 1.04 bits per heavy atom. The van der Waals surface area contributed by atoms with Gasteiger partial charge in [-0.15, -0.1) is 0 Å². The summed E-state index contributed by atoms with van der Waals surface area (Å²) in [5.74, 6) is -0.571. The third-order valence-corrected chi connectivity index (χ3v) is 12.7. The lowest BCUT2D eigenvalue weighted by atomic mass is 9.92. The highest BCUT2D eigenvalue weighted by molar-refractivity contribution is 5.82. The number of carbonyl (C=O) groups excluding carboxylic acids is 5. The van der Waals surface area contributed by atoms with Gasteiger partial charge in [0, 0.05) is 62.9 Å². The van der Waals surface area contributed by atoms with Gasteiger partial charge in [-0.3, -0.25) is 19.2 Å². The first kappa shape index (κ1) is 48.8. The molecule has 5 N–H and O–H groups in total. The van der Waals surface area contributed by atoms with Gasteiger partial charge in [-0.05, 0) is 118 Å². The molecular formula is C53H64F2N6O6. The second-order valence-corrected chi connectivity index (χ2v) is 19.4. The van der Waals surface area contributed by atoms with E-state index in [1.165, 1.54) is 17.7 Å².